The van der Waals surface area contributed by atoms with Gasteiger partial charge in [0.05, 0.1) is 26.4 Å². The van der Waals surface area contributed by atoms with Crippen molar-refractivity contribution < 1.29 is 14.6 Å². The first kappa shape index (κ1) is 12.5. The summed E-state index contributed by atoms with van der Waals surface area (Å²) in [6, 6.07) is 0. The van der Waals surface area contributed by atoms with Gasteiger partial charge in [-0.1, -0.05) is 0 Å². The standard InChI is InChI=1S/C4H8O2.C2H6O.H3N/c1-2-6-4-3-5-1;1-2-3;/h1-4H2;3H,2H2,1H3;1H3. The maximum atomic E-state index is 7.57. The molecule has 1 rings (SSSR count). The van der Waals surface area contributed by atoms with E-state index in [0.717, 1.165) is 26.4 Å². The lowest BCUT2D eigenvalue weighted by Crippen LogP contribution is -2.16. The Morgan fingerprint density at radius 3 is 1.40 bits per heavy atom. The van der Waals surface area contributed by atoms with Crippen LogP contribution in [0, 0.1) is 0 Å². The number of rotatable bonds is 0. The van der Waals surface area contributed by atoms with Gasteiger partial charge in [0, 0.05) is 6.61 Å². The molecule has 4 nitrogen and oxygen atoms in total. The quantitative estimate of drug-likeness (QED) is 0.518. The van der Waals surface area contributed by atoms with E-state index in [1.165, 1.54) is 0 Å². The first-order valence-corrected chi connectivity index (χ1v) is 3.18. The summed E-state index contributed by atoms with van der Waals surface area (Å²) in [6.45, 7) is 5.04. The second kappa shape index (κ2) is 11.6. The molecule has 1 aliphatic heterocycles. The van der Waals surface area contributed by atoms with E-state index in [0.29, 0.717) is 0 Å². The Hall–Kier alpha value is -0.160. The molecule has 1 saturated heterocycles. The summed E-state index contributed by atoms with van der Waals surface area (Å²) >= 11 is 0. The summed E-state index contributed by atoms with van der Waals surface area (Å²) in [5.74, 6) is 0. The molecule has 64 valence electrons. The van der Waals surface area contributed by atoms with Crippen molar-refractivity contribution in [3.8, 4) is 0 Å². The van der Waals surface area contributed by atoms with Crippen LogP contribution in [0.1, 0.15) is 6.92 Å². The van der Waals surface area contributed by atoms with Crippen molar-refractivity contribution in [3.63, 3.8) is 0 Å². The fraction of sp³-hybridized carbons (Fsp3) is 1.00. The van der Waals surface area contributed by atoms with Crippen LogP contribution in [0.3, 0.4) is 0 Å². The topological polar surface area (TPSA) is 73.7 Å². The average Bonchev–Trinajstić information content (AvgIpc) is 1.93. The fourth-order valence-corrected chi connectivity index (χ4v) is 0.440. The van der Waals surface area contributed by atoms with Crippen LogP contribution in [0.15, 0.2) is 0 Å². The van der Waals surface area contributed by atoms with Crippen molar-refractivity contribution in [2.24, 2.45) is 0 Å². The molecule has 0 amide bonds. The molecule has 1 fully saturated rings. The number of aliphatic hydroxyl groups is 1. The van der Waals surface area contributed by atoms with E-state index in [2.05, 4.69) is 0 Å². The number of hydrogen-bond acceptors (Lipinski definition) is 4. The zero-order valence-electron chi connectivity index (χ0n) is 6.51. The van der Waals surface area contributed by atoms with Crippen LogP contribution in [0.5, 0.6) is 0 Å². The molecule has 0 aromatic heterocycles. The normalized spacial score (nSPS) is 16.2. The van der Waals surface area contributed by atoms with Crippen LogP contribution in [-0.4, -0.2) is 38.1 Å². The molecule has 4 heteroatoms. The molecular formula is C6H17NO3. The zero-order valence-corrected chi connectivity index (χ0v) is 6.51. The Balaban J connectivity index is 0. The van der Waals surface area contributed by atoms with Gasteiger partial charge in [0.25, 0.3) is 0 Å². The van der Waals surface area contributed by atoms with Gasteiger partial charge in [-0.25, -0.2) is 0 Å². The average molecular weight is 151 g/mol. The first-order valence-electron chi connectivity index (χ1n) is 3.18. The Kier molecular flexibility index (Phi) is 14.5. The summed E-state index contributed by atoms with van der Waals surface area (Å²) in [7, 11) is 0. The molecule has 1 aliphatic rings. The highest BCUT2D eigenvalue weighted by Crippen LogP contribution is 1.85. The molecule has 0 atom stereocenters. The van der Waals surface area contributed by atoms with Crippen molar-refractivity contribution in [1.29, 1.82) is 0 Å². The summed E-state index contributed by atoms with van der Waals surface area (Å²) in [6.07, 6.45) is 0. The lowest BCUT2D eigenvalue weighted by Gasteiger charge is -2.09. The highest BCUT2D eigenvalue weighted by Gasteiger charge is 1.94. The van der Waals surface area contributed by atoms with Crippen LogP contribution in [0.4, 0.5) is 0 Å². The molecule has 0 aliphatic carbocycles. The van der Waals surface area contributed by atoms with Crippen molar-refractivity contribution in [2.45, 2.75) is 6.92 Å². The minimum absolute atomic E-state index is 0. The maximum Gasteiger partial charge on any atom is 0.0701 e. The minimum atomic E-state index is 0. The van der Waals surface area contributed by atoms with Crippen LogP contribution in [-0.2, 0) is 9.47 Å². The van der Waals surface area contributed by atoms with E-state index in [1.54, 1.807) is 6.92 Å². The van der Waals surface area contributed by atoms with E-state index >= 15 is 0 Å². The van der Waals surface area contributed by atoms with Crippen molar-refractivity contribution in [3.05, 3.63) is 0 Å². The fourth-order valence-electron chi connectivity index (χ4n) is 0.440. The molecule has 10 heavy (non-hydrogen) atoms. The van der Waals surface area contributed by atoms with E-state index in [4.69, 9.17) is 14.6 Å². The predicted octanol–water partition coefficient (Wildman–Crippen LogP) is 0.194. The minimum Gasteiger partial charge on any atom is -0.397 e. The molecule has 0 radical (unpaired) electrons. The number of ether oxygens (including phenoxy) is 2. The first-order chi connectivity index (χ1) is 4.41. The third-order valence-electron chi connectivity index (χ3n) is 0.744. The van der Waals surface area contributed by atoms with Gasteiger partial charge >= 0.3 is 0 Å². The van der Waals surface area contributed by atoms with Crippen molar-refractivity contribution in [1.82, 2.24) is 6.15 Å². The molecule has 0 spiro atoms. The van der Waals surface area contributed by atoms with E-state index < -0.39 is 0 Å². The van der Waals surface area contributed by atoms with E-state index in [-0.39, 0.29) is 12.8 Å². The maximum absolute atomic E-state index is 7.57. The molecule has 0 aromatic carbocycles. The van der Waals surface area contributed by atoms with Crippen molar-refractivity contribution >= 4 is 0 Å². The Bertz CT molecular complexity index is 36.7. The lowest BCUT2D eigenvalue weighted by atomic mass is 10.6. The molecule has 0 unspecified atom stereocenters. The highest BCUT2D eigenvalue weighted by atomic mass is 16.6. The molecule has 0 aromatic rings. The predicted molar refractivity (Wildman–Crippen MR) is 39.4 cm³/mol. The molecule has 0 saturated carbocycles. The summed E-state index contributed by atoms with van der Waals surface area (Å²) in [5, 5.41) is 7.57. The van der Waals surface area contributed by atoms with Gasteiger partial charge in [0.2, 0.25) is 0 Å². The highest BCUT2D eigenvalue weighted by molar-refractivity contribution is 4.37. The summed E-state index contributed by atoms with van der Waals surface area (Å²) in [5.41, 5.74) is 0. The Morgan fingerprint density at radius 2 is 1.30 bits per heavy atom. The number of hydrogen-bond donors (Lipinski definition) is 2. The zero-order chi connectivity index (χ0) is 6.95. The summed E-state index contributed by atoms with van der Waals surface area (Å²) < 4.78 is 9.89. The second-order valence-corrected chi connectivity index (χ2v) is 1.54. The monoisotopic (exact) mass is 151 g/mol. The SMILES string of the molecule is C1COCCO1.CCO.N. The third kappa shape index (κ3) is 10.8. The second-order valence-electron chi connectivity index (χ2n) is 1.54. The van der Waals surface area contributed by atoms with Crippen LogP contribution < -0.4 is 6.15 Å². The van der Waals surface area contributed by atoms with Gasteiger partial charge < -0.3 is 20.7 Å². The lowest BCUT2D eigenvalue weighted by molar-refractivity contribution is -0.0334. The third-order valence-corrected chi connectivity index (χ3v) is 0.744. The van der Waals surface area contributed by atoms with Gasteiger partial charge in [0.1, 0.15) is 0 Å². The van der Waals surface area contributed by atoms with Gasteiger partial charge in [-0.15, -0.1) is 0 Å². The van der Waals surface area contributed by atoms with E-state index in [1.807, 2.05) is 0 Å². The van der Waals surface area contributed by atoms with Gasteiger partial charge in [0.15, 0.2) is 0 Å². The van der Waals surface area contributed by atoms with Gasteiger partial charge in [-0.05, 0) is 6.92 Å². The number of aliphatic hydroxyl groups excluding tert-OH is 1. The molecule has 1 heterocycles. The Labute approximate surface area is 61.7 Å². The molecule has 0 bridgehead atoms. The van der Waals surface area contributed by atoms with Crippen LogP contribution >= 0.6 is 0 Å². The molecular weight excluding hydrogens is 134 g/mol. The van der Waals surface area contributed by atoms with E-state index in [9.17, 15) is 0 Å². The van der Waals surface area contributed by atoms with Gasteiger partial charge in [-0.3, -0.25) is 0 Å². The van der Waals surface area contributed by atoms with Crippen molar-refractivity contribution in [2.75, 3.05) is 33.0 Å². The smallest absolute Gasteiger partial charge is 0.0701 e. The molecule has 4 N–H and O–H groups in total. The van der Waals surface area contributed by atoms with Crippen LogP contribution in [0.2, 0.25) is 0 Å². The van der Waals surface area contributed by atoms with Crippen LogP contribution in [0.25, 0.3) is 0 Å². The largest absolute Gasteiger partial charge is 0.397 e. The summed E-state index contributed by atoms with van der Waals surface area (Å²) in [4.78, 5) is 0. The Morgan fingerprint density at radius 1 is 1.10 bits per heavy atom. The van der Waals surface area contributed by atoms with Gasteiger partial charge in [-0.2, -0.15) is 0 Å².